The highest BCUT2D eigenvalue weighted by Crippen LogP contribution is 2.32. The van der Waals surface area contributed by atoms with E-state index in [9.17, 15) is 9.59 Å². The van der Waals surface area contributed by atoms with Crippen LogP contribution in [0.4, 0.5) is 5.69 Å². The average molecular weight is 412 g/mol. The van der Waals surface area contributed by atoms with Gasteiger partial charge in [0.25, 0.3) is 5.56 Å². The molecule has 1 heterocycles. The van der Waals surface area contributed by atoms with E-state index >= 15 is 0 Å². The maximum Gasteiger partial charge on any atom is 0.254 e. The summed E-state index contributed by atoms with van der Waals surface area (Å²) in [6, 6.07) is 5.56. The summed E-state index contributed by atoms with van der Waals surface area (Å²) in [6.07, 6.45) is 7.53. The maximum absolute atomic E-state index is 12.7. The predicted octanol–water partition coefficient (Wildman–Crippen LogP) is 4.87. The molecule has 3 rings (SSSR count). The zero-order chi connectivity index (χ0) is 21.5. The van der Waals surface area contributed by atoms with Gasteiger partial charge in [-0.25, -0.2) is 4.98 Å². The summed E-state index contributed by atoms with van der Waals surface area (Å²) in [5.74, 6) is 1.28. The first-order chi connectivity index (χ1) is 14.6. The van der Waals surface area contributed by atoms with Gasteiger partial charge in [-0.2, -0.15) is 0 Å². The Morgan fingerprint density at radius 1 is 1.17 bits per heavy atom. The first kappa shape index (κ1) is 22.1. The number of rotatable bonds is 8. The minimum Gasteiger partial charge on any atom is -0.493 e. The Morgan fingerprint density at radius 2 is 1.93 bits per heavy atom. The van der Waals surface area contributed by atoms with Crippen molar-refractivity contribution in [2.45, 2.75) is 72.1 Å². The lowest BCUT2D eigenvalue weighted by atomic mass is 9.88. The van der Waals surface area contributed by atoms with Crippen LogP contribution in [0.3, 0.4) is 0 Å². The van der Waals surface area contributed by atoms with E-state index in [0.717, 1.165) is 43.4 Å². The van der Waals surface area contributed by atoms with Crippen LogP contribution in [-0.4, -0.2) is 22.5 Å². The number of carbonyl (C=O) groups excluding carboxylic acids is 1. The van der Waals surface area contributed by atoms with E-state index in [4.69, 9.17) is 9.72 Å². The molecule has 2 aromatic rings. The average Bonchev–Trinajstić information content (AvgIpc) is 2.78. The smallest absolute Gasteiger partial charge is 0.254 e. The quantitative estimate of drug-likeness (QED) is 0.649. The number of amides is 1. The summed E-state index contributed by atoms with van der Waals surface area (Å²) in [7, 11) is 0. The van der Waals surface area contributed by atoms with E-state index in [2.05, 4.69) is 10.3 Å². The number of nitrogens with zero attached hydrogens (tertiary/aromatic N) is 1. The third kappa shape index (κ3) is 5.10. The third-order valence-electron chi connectivity index (χ3n) is 5.73. The van der Waals surface area contributed by atoms with Crippen LogP contribution in [0.5, 0.6) is 5.75 Å². The number of carbonyl (C=O) groups is 1. The van der Waals surface area contributed by atoms with E-state index in [1.165, 1.54) is 6.42 Å². The zero-order valence-electron chi connectivity index (χ0n) is 18.3. The molecule has 6 nitrogen and oxygen atoms in total. The van der Waals surface area contributed by atoms with E-state index in [1.54, 1.807) is 0 Å². The maximum atomic E-state index is 12.7. The second kappa shape index (κ2) is 10.4. The van der Waals surface area contributed by atoms with Crippen molar-refractivity contribution in [1.82, 2.24) is 9.97 Å². The number of hydrogen-bond acceptors (Lipinski definition) is 4. The van der Waals surface area contributed by atoms with Crippen LogP contribution < -0.4 is 15.6 Å². The molecule has 0 radical (unpaired) electrons. The second-order valence-electron chi connectivity index (χ2n) is 7.93. The summed E-state index contributed by atoms with van der Waals surface area (Å²) >= 11 is 0. The van der Waals surface area contributed by atoms with Gasteiger partial charge in [-0.05, 0) is 50.3 Å². The van der Waals surface area contributed by atoms with Gasteiger partial charge in [-0.3, -0.25) is 9.59 Å². The van der Waals surface area contributed by atoms with Crippen LogP contribution in [0.25, 0.3) is 11.4 Å². The lowest BCUT2D eigenvalue weighted by molar-refractivity contribution is -0.120. The zero-order valence-corrected chi connectivity index (χ0v) is 18.3. The Kier molecular flexibility index (Phi) is 7.66. The Morgan fingerprint density at radius 3 is 2.60 bits per heavy atom. The molecule has 1 aliphatic rings. The number of hydrogen-bond donors (Lipinski definition) is 2. The number of H-pyrrole nitrogens is 1. The van der Waals surface area contributed by atoms with Gasteiger partial charge in [0, 0.05) is 17.2 Å². The van der Waals surface area contributed by atoms with Gasteiger partial charge in [0.1, 0.15) is 11.6 Å². The molecule has 0 atom stereocenters. The lowest BCUT2D eigenvalue weighted by Gasteiger charge is -2.21. The van der Waals surface area contributed by atoms with Crippen LogP contribution in [-0.2, 0) is 17.6 Å². The largest absolute Gasteiger partial charge is 0.493 e. The summed E-state index contributed by atoms with van der Waals surface area (Å²) in [6.45, 7) is 6.57. The molecule has 1 amide bonds. The summed E-state index contributed by atoms with van der Waals surface area (Å²) in [5, 5.41) is 3.06. The van der Waals surface area contributed by atoms with Crippen LogP contribution in [0.1, 0.15) is 70.6 Å². The van der Waals surface area contributed by atoms with E-state index in [1.807, 2.05) is 39.0 Å². The topological polar surface area (TPSA) is 84.1 Å². The fourth-order valence-corrected chi connectivity index (χ4v) is 4.07. The van der Waals surface area contributed by atoms with E-state index < -0.39 is 0 Å². The second-order valence-corrected chi connectivity index (χ2v) is 7.93. The van der Waals surface area contributed by atoms with Crippen molar-refractivity contribution in [1.29, 1.82) is 0 Å². The molecule has 1 aromatic carbocycles. The van der Waals surface area contributed by atoms with Crippen LogP contribution in [0.2, 0.25) is 0 Å². The van der Waals surface area contributed by atoms with Gasteiger partial charge in [0.15, 0.2) is 0 Å². The number of benzene rings is 1. The Bertz CT molecular complexity index is 930. The first-order valence-corrected chi connectivity index (χ1v) is 11.3. The fraction of sp³-hybridized carbons (Fsp3) is 0.542. The summed E-state index contributed by atoms with van der Waals surface area (Å²) < 4.78 is 5.91. The van der Waals surface area contributed by atoms with Crippen molar-refractivity contribution in [3.63, 3.8) is 0 Å². The molecule has 0 unspecified atom stereocenters. The predicted molar refractivity (Wildman–Crippen MR) is 120 cm³/mol. The molecule has 0 spiro atoms. The Hall–Kier alpha value is -2.63. The van der Waals surface area contributed by atoms with Gasteiger partial charge in [0.05, 0.1) is 17.9 Å². The summed E-state index contributed by atoms with van der Waals surface area (Å²) in [4.78, 5) is 32.9. The van der Waals surface area contributed by atoms with Gasteiger partial charge < -0.3 is 15.0 Å². The van der Waals surface area contributed by atoms with Crippen molar-refractivity contribution < 1.29 is 9.53 Å². The minimum absolute atomic E-state index is 0.0694. The number of nitrogens with one attached hydrogen (secondary N) is 2. The van der Waals surface area contributed by atoms with E-state index in [-0.39, 0.29) is 17.4 Å². The SMILES string of the molecule is CCCOc1ccc(NC(=O)C2CCCCC2)cc1-c1nc(CC)c(CC)c(=O)[nH]1. The highest BCUT2D eigenvalue weighted by Gasteiger charge is 2.22. The molecular formula is C24H33N3O3. The minimum atomic E-state index is -0.113. The van der Waals surface area contributed by atoms with Gasteiger partial charge in [0.2, 0.25) is 5.91 Å². The number of aryl methyl sites for hydroxylation is 1. The molecule has 0 aliphatic heterocycles. The lowest BCUT2D eigenvalue weighted by Crippen LogP contribution is -2.24. The molecule has 2 N–H and O–H groups in total. The van der Waals surface area contributed by atoms with Crippen molar-refractivity contribution in [3.8, 4) is 17.1 Å². The molecular weight excluding hydrogens is 378 g/mol. The van der Waals surface area contributed by atoms with Gasteiger partial charge in [-0.1, -0.05) is 40.0 Å². The molecule has 0 bridgehead atoms. The highest BCUT2D eigenvalue weighted by atomic mass is 16.5. The van der Waals surface area contributed by atoms with Gasteiger partial charge in [-0.15, -0.1) is 0 Å². The van der Waals surface area contributed by atoms with Crippen molar-refractivity contribution in [3.05, 3.63) is 39.8 Å². The standard InChI is InChI=1S/C24H33N3O3/c1-4-14-30-21-13-12-17(25-23(28)16-10-8-7-9-11-16)15-19(21)22-26-20(6-3)18(5-2)24(29)27-22/h12-13,15-16H,4-11,14H2,1-3H3,(H,25,28)(H,26,27,29). The number of aromatic nitrogens is 2. The molecule has 1 aliphatic carbocycles. The molecule has 1 aromatic heterocycles. The normalized spacial score (nSPS) is 14.5. The summed E-state index contributed by atoms with van der Waals surface area (Å²) in [5.41, 5.74) is 2.80. The van der Waals surface area contributed by atoms with Crippen molar-refractivity contribution in [2.24, 2.45) is 5.92 Å². The van der Waals surface area contributed by atoms with Crippen LogP contribution in [0.15, 0.2) is 23.0 Å². The fourth-order valence-electron chi connectivity index (χ4n) is 4.07. The third-order valence-corrected chi connectivity index (χ3v) is 5.73. The Labute approximate surface area is 178 Å². The Balaban J connectivity index is 1.96. The molecule has 1 saturated carbocycles. The molecule has 1 fully saturated rings. The van der Waals surface area contributed by atoms with Crippen LogP contribution >= 0.6 is 0 Å². The van der Waals surface area contributed by atoms with Crippen molar-refractivity contribution in [2.75, 3.05) is 11.9 Å². The number of anilines is 1. The number of aromatic amines is 1. The van der Waals surface area contributed by atoms with Gasteiger partial charge >= 0.3 is 0 Å². The van der Waals surface area contributed by atoms with E-state index in [0.29, 0.717) is 42.3 Å². The monoisotopic (exact) mass is 411 g/mol. The van der Waals surface area contributed by atoms with Crippen molar-refractivity contribution >= 4 is 11.6 Å². The van der Waals surface area contributed by atoms with Crippen LogP contribution in [0, 0.1) is 5.92 Å². The molecule has 162 valence electrons. The number of ether oxygens (including phenoxy) is 1. The molecule has 0 saturated heterocycles. The molecule has 6 heteroatoms. The first-order valence-electron chi connectivity index (χ1n) is 11.3. The highest BCUT2D eigenvalue weighted by molar-refractivity contribution is 5.93. The molecule has 30 heavy (non-hydrogen) atoms.